The van der Waals surface area contributed by atoms with E-state index >= 15 is 0 Å². The zero-order valence-corrected chi connectivity index (χ0v) is 19.5. The van der Waals surface area contributed by atoms with Crippen LogP contribution in [0.5, 0.6) is 5.75 Å². The van der Waals surface area contributed by atoms with E-state index in [1.165, 1.54) is 6.42 Å². The lowest BCUT2D eigenvalue weighted by Crippen LogP contribution is -2.37. The van der Waals surface area contributed by atoms with Crippen molar-refractivity contribution in [3.63, 3.8) is 0 Å². The molecule has 4 heterocycles. The van der Waals surface area contributed by atoms with Gasteiger partial charge in [-0.1, -0.05) is 24.6 Å². The predicted octanol–water partition coefficient (Wildman–Crippen LogP) is 4.30. The molecular formula is C26H32N4O3. The summed E-state index contributed by atoms with van der Waals surface area (Å²) in [6.45, 7) is 4.63. The number of aryl methyl sites for hydroxylation is 3. The minimum atomic E-state index is -0.0276. The third kappa shape index (κ3) is 4.47. The van der Waals surface area contributed by atoms with Crippen LogP contribution < -0.4 is 4.74 Å². The molecule has 1 amide bonds. The van der Waals surface area contributed by atoms with Gasteiger partial charge in [-0.05, 0) is 44.7 Å². The smallest absolute Gasteiger partial charge is 0.256 e. The van der Waals surface area contributed by atoms with Gasteiger partial charge in [0.05, 0.1) is 18.8 Å². The fourth-order valence-electron chi connectivity index (χ4n) is 5.04. The molecule has 3 aromatic rings. The number of imidazole rings is 1. The maximum Gasteiger partial charge on any atom is 0.256 e. The number of aromatic nitrogens is 3. The first-order valence-electron chi connectivity index (χ1n) is 12.0. The van der Waals surface area contributed by atoms with Gasteiger partial charge in [-0.2, -0.15) is 0 Å². The van der Waals surface area contributed by atoms with E-state index in [1.807, 2.05) is 42.2 Å². The second kappa shape index (κ2) is 9.51. The largest absolute Gasteiger partial charge is 0.496 e. The van der Waals surface area contributed by atoms with Crippen molar-refractivity contribution in [1.82, 2.24) is 19.4 Å². The van der Waals surface area contributed by atoms with E-state index in [4.69, 9.17) is 19.4 Å². The first-order valence-corrected chi connectivity index (χ1v) is 12.0. The number of hydrogen-bond donors (Lipinski definition) is 0. The van der Waals surface area contributed by atoms with Gasteiger partial charge in [-0.3, -0.25) is 4.79 Å². The van der Waals surface area contributed by atoms with E-state index in [0.717, 1.165) is 79.3 Å². The number of carbonyl (C=O) groups is 1. The summed E-state index contributed by atoms with van der Waals surface area (Å²) in [5.41, 5.74) is 4.01. The summed E-state index contributed by atoms with van der Waals surface area (Å²) < 4.78 is 13.7. The average Bonchev–Trinajstić information content (AvgIpc) is 3.39. The average molecular weight is 449 g/mol. The Morgan fingerprint density at radius 2 is 2.09 bits per heavy atom. The molecule has 0 N–H and O–H groups in total. The zero-order chi connectivity index (χ0) is 22.8. The molecule has 1 atom stereocenters. The highest BCUT2D eigenvalue weighted by molar-refractivity contribution is 6.04. The zero-order valence-electron chi connectivity index (χ0n) is 19.5. The maximum atomic E-state index is 14.0. The molecule has 1 fully saturated rings. The third-order valence-corrected chi connectivity index (χ3v) is 6.71. The Morgan fingerprint density at radius 3 is 2.91 bits per heavy atom. The molecule has 5 rings (SSSR count). The van der Waals surface area contributed by atoms with Crippen molar-refractivity contribution in [2.24, 2.45) is 0 Å². The molecule has 2 aliphatic heterocycles. The molecule has 7 nitrogen and oxygen atoms in total. The van der Waals surface area contributed by atoms with Crippen LogP contribution in [0.1, 0.15) is 59.5 Å². The summed E-state index contributed by atoms with van der Waals surface area (Å²) in [6, 6.07) is 9.77. The first-order chi connectivity index (χ1) is 16.1. The highest BCUT2D eigenvalue weighted by Crippen LogP contribution is 2.27. The van der Waals surface area contributed by atoms with Crippen LogP contribution >= 0.6 is 0 Å². The monoisotopic (exact) mass is 448 g/mol. The molecule has 1 unspecified atom stereocenters. The van der Waals surface area contributed by atoms with Crippen molar-refractivity contribution < 1.29 is 14.3 Å². The lowest BCUT2D eigenvalue weighted by Gasteiger charge is -2.26. The number of hydrogen-bond acceptors (Lipinski definition) is 5. The molecule has 33 heavy (non-hydrogen) atoms. The van der Waals surface area contributed by atoms with Crippen molar-refractivity contribution in [2.45, 2.75) is 64.6 Å². The molecule has 7 heteroatoms. The number of rotatable bonds is 6. The van der Waals surface area contributed by atoms with E-state index in [0.29, 0.717) is 18.7 Å². The van der Waals surface area contributed by atoms with Crippen LogP contribution in [0.15, 0.2) is 30.3 Å². The summed E-state index contributed by atoms with van der Waals surface area (Å²) in [7, 11) is 1.67. The maximum absolute atomic E-state index is 14.0. The standard InChI is InChI=1S/C26H32N4O3/c1-18-15-21(24-25(27-18)30-13-7-3-4-12-23(30)28-24)26(31)29(17-20-10-8-14-33-20)16-19-9-5-6-11-22(19)32-2/h5-6,9,11,15,20H,3-4,7-8,10,12-14,16-17H2,1-2H3. The third-order valence-electron chi connectivity index (χ3n) is 6.71. The highest BCUT2D eigenvalue weighted by Gasteiger charge is 2.28. The molecule has 2 aromatic heterocycles. The van der Waals surface area contributed by atoms with Crippen molar-refractivity contribution in [1.29, 1.82) is 0 Å². The van der Waals surface area contributed by atoms with E-state index in [2.05, 4.69) is 4.57 Å². The molecule has 2 aliphatic rings. The van der Waals surface area contributed by atoms with Crippen LogP contribution in [0, 0.1) is 6.92 Å². The Balaban J connectivity index is 1.54. The number of para-hydroxylation sites is 1. The van der Waals surface area contributed by atoms with Gasteiger partial charge in [0, 0.05) is 43.9 Å². The molecule has 1 saturated heterocycles. The number of ether oxygens (including phenoxy) is 2. The van der Waals surface area contributed by atoms with Crippen molar-refractivity contribution in [2.75, 3.05) is 20.3 Å². The SMILES string of the molecule is COc1ccccc1CN(CC1CCCO1)C(=O)c1cc(C)nc2c1nc1n2CCCCC1. The lowest BCUT2D eigenvalue weighted by atomic mass is 10.1. The van der Waals surface area contributed by atoms with Crippen molar-refractivity contribution in [3.05, 3.63) is 53.0 Å². The Bertz CT molecular complexity index is 1150. The molecular weight excluding hydrogens is 416 g/mol. The van der Waals surface area contributed by atoms with Gasteiger partial charge in [-0.15, -0.1) is 0 Å². The fraction of sp³-hybridized carbons (Fsp3) is 0.500. The minimum Gasteiger partial charge on any atom is -0.496 e. The second-order valence-electron chi connectivity index (χ2n) is 9.11. The van der Waals surface area contributed by atoms with Crippen LogP contribution in [0.2, 0.25) is 0 Å². The number of methoxy groups -OCH3 is 1. The fourth-order valence-corrected chi connectivity index (χ4v) is 5.04. The molecule has 174 valence electrons. The van der Waals surface area contributed by atoms with Gasteiger partial charge in [-0.25, -0.2) is 9.97 Å². The number of pyridine rings is 1. The number of amides is 1. The van der Waals surface area contributed by atoms with Gasteiger partial charge in [0.2, 0.25) is 0 Å². The molecule has 0 aliphatic carbocycles. The summed E-state index contributed by atoms with van der Waals surface area (Å²) >= 11 is 0. The summed E-state index contributed by atoms with van der Waals surface area (Å²) in [4.78, 5) is 25.7. The van der Waals surface area contributed by atoms with Crippen molar-refractivity contribution in [3.8, 4) is 5.75 Å². The number of nitrogens with zero attached hydrogens (tertiary/aromatic N) is 4. The number of benzene rings is 1. The van der Waals surface area contributed by atoms with Gasteiger partial charge in [0.15, 0.2) is 5.65 Å². The van der Waals surface area contributed by atoms with Gasteiger partial charge < -0.3 is 18.9 Å². The Labute approximate surface area is 194 Å². The molecule has 1 aromatic carbocycles. The summed E-state index contributed by atoms with van der Waals surface area (Å²) in [6.07, 6.45) is 6.45. The van der Waals surface area contributed by atoms with Gasteiger partial charge in [0.1, 0.15) is 17.1 Å². The molecule has 0 spiro atoms. The number of fused-ring (bicyclic) bond motifs is 3. The normalized spacial score (nSPS) is 18.2. The Kier molecular flexibility index (Phi) is 6.31. The van der Waals surface area contributed by atoms with E-state index < -0.39 is 0 Å². The predicted molar refractivity (Wildman–Crippen MR) is 127 cm³/mol. The molecule has 0 saturated carbocycles. The van der Waals surface area contributed by atoms with Crippen LogP contribution in [0.4, 0.5) is 0 Å². The quantitative estimate of drug-likeness (QED) is 0.562. The van der Waals surface area contributed by atoms with Crippen molar-refractivity contribution >= 4 is 17.1 Å². The Hall–Kier alpha value is -2.93. The lowest BCUT2D eigenvalue weighted by molar-refractivity contribution is 0.0507. The Morgan fingerprint density at radius 1 is 1.21 bits per heavy atom. The minimum absolute atomic E-state index is 0.0276. The van der Waals surface area contributed by atoms with E-state index in [1.54, 1.807) is 7.11 Å². The molecule has 0 radical (unpaired) electrons. The van der Waals surface area contributed by atoms with Crippen LogP contribution in [-0.2, 0) is 24.2 Å². The second-order valence-corrected chi connectivity index (χ2v) is 9.11. The van der Waals surface area contributed by atoms with Crippen LogP contribution in [-0.4, -0.2) is 51.7 Å². The molecule has 0 bridgehead atoms. The van der Waals surface area contributed by atoms with E-state index in [-0.39, 0.29) is 12.0 Å². The van der Waals surface area contributed by atoms with Gasteiger partial charge >= 0.3 is 0 Å². The highest BCUT2D eigenvalue weighted by atomic mass is 16.5. The van der Waals surface area contributed by atoms with Crippen LogP contribution in [0.3, 0.4) is 0 Å². The topological polar surface area (TPSA) is 69.5 Å². The van der Waals surface area contributed by atoms with Gasteiger partial charge in [0.25, 0.3) is 5.91 Å². The summed E-state index contributed by atoms with van der Waals surface area (Å²) in [5, 5.41) is 0. The summed E-state index contributed by atoms with van der Waals surface area (Å²) in [5.74, 6) is 1.80. The number of carbonyl (C=O) groups excluding carboxylic acids is 1. The van der Waals surface area contributed by atoms with Crippen LogP contribution in [0.25, 0.3) is 11.2 Å². The van der Waals surface area contributed by atoms with E-state index in [9.17, 15) is 4.79 Å². The first kappa shape index (κ1) is 21.9.